The summed E-state index contributed by atoms with van der Waals surface area (Å²) >= 11 is 0. The van der Waals surface area contributed by atoms with E-state index in [9.17, 15) is 0 Å². The molecule has 1 aliphatic carbocycles. The zero-order valence-electron chi connectivity index (χ0n) is 5.94. The van der Waals surface area contributed by atoms with Crippen molar-refractivity contribution < 1.29 is 0 Å². The van der Waals surface area contributed by atoms with Crippen molar-refractivity contribution in [1.82, 2.24) is 5.32 Å². The van der Waals surface area contributed by atoms with Gasteiger partial charge in [-0.25, -0.2) is 0 Å². The monoisotopic (exact) mass is 124 g/mol. The average molecular weight is 124 g/mol. The van der Waals surface area contributed by atoms with E-state index in [-0.39, 0.29) is 5.54 Å². The molecule has 0 aromatic heterocycles. The van der Waals surface area contributed by atoms with E-state index >= 15 is 0 Å². The smallest absolute Gasteiger partial charge is 0.106 e. The minimum atomic E-state index is -0.250. The van der Waals surface area contributed by atoms with Crippen LogP contribution in [0.15, 0.2) is 0 Å². The van der Waals surface area contributed by atoms with Crippen molar-refractivity contribution in [2.24, 2.45) is 5.92 Å². The molecule has 0 heterocycles. The molecule has 1 atom stereocenters. The van der Waals surface area contributed by atoms with Crippen molar-refractivity contribution in [3.05, 3.63) is 0 Å². The first-order valence-corrected chi connectivity index (χ1v) is 3.33. The van der Waals surface area contributed by atoms with Gasteiger partial charge in [0.05, 0.1) is 6.07 Å². The summed E-state index contributed by atoms with van der Waals surface area (Å²) in [7, 11) is 1.85. The highest BCUT2D eigenvalue weighted by Crippen LogP contribution is 2.38. The fraction of sp³-hybridized carbons (Fsp3) is 0.857. The second kappa shape index (κ2) is 2.00. The number of rotatable bonds is 2. The van der Waals surface area contributed by atoms with E-state index in [0.29, 0.717) is 5.92 Å². The van der Waals surface area contributed by atoms with Crippen LogP contribution in [0.2, 0.25) is 0 Å². The molecule has 1 rings (SSSR count). The maximum absolute atomic E-state index is 8.68. The molecule has 1 aliphatic rings. The minimum Gasteiger partial charge on any atom is -0.302 e. The Kier molecular flexibility index (Phi) is 1.46. The van der Waals surface area contributed by atoms with Gasteiger partial charge in [0, 0.05) is 0 Å². The van der Waals surface area contributed by atoms with Gasteiger partial charge < -0.3 is 5.32 Å². The van der Waals surface area contributed by atoms with Crippen molar-refractivity contribution in [3.8, 4) is 6.07 Å². The van der Waals surface area contributed by atoms with Crippen LogP contribution in [0.25, 0.3) is 0 Å². The molecule has 0 bridgehead atoms. The first kappa shape index (κ1) is 6.57. The van der Waals surface area contributed by atoms with Gasteiger partial charge in [0.15, 0.2) is 0 Å². The van der Waals surface area contributed by atoms with Crippen LogP contribution in [0.3, 0.4) is 0 Å². The average Bonchev–Trinajstić information content (AvgIpc) is 2.68. The fourth-order valence-corrected chi connectivity index (χ4v) is 1.01. The maximum Gasteiger partial charge on any atom is 0.106 e. The molecule has 1 N–H and O–H groups in total. The SMILES string of the molecule is CN[C@@](C)(C#N)C1CC1. The normalized spacial score (nSPS) is 24.6. The Bertz CT molecular complexity index is 143. The molecule has 0 saturated heterocycles. The maximum atomic E-state index is 8.68. The van der Waals surface area contributed by atoms with Gasteiger partial charge in [-0.15, -0.1) is 0 Å². The van der Waals surface area contributed by atoms with Gasteiger partial charge >= 0.3 is 0 Å². The molecule has 2 nitrogen and oxygen atoms in total. The van der Waals surface area contributed by atoms with Crippen molar-refractivity contribution >= 4 is 0 Å². The number of nitrogens with zero attached hydrogens (tertiary/aromatic N) is 1. The zero-order chi connectivity index (χ0) is 6.91. The van der Waals surface area contributed by atoms with E-state index in [2.05, 4.69) is 11.4 Å². The Labute approximate surface area is 55.9 Å². The van der Waals surface area contributed by atoms with Crippen molar-refractivity contribution in [1.29, 1.82) is 5.26 Å². The standard InChI is InChI=1S/C7H12N2/c1-7(5-8,9-2)6-3-4-6/h6,9H,3-4H2,1-2H3/t7-/m0/s1. The third-order valence-corrected chi connectivity index (χ3v) is 2.15. The van der Waals surface area contributed by atoms with Gasteiger partial charge in [-0.05, 0) is 32.7 Å². The summed E-state index contributed by atoms with van der Waals surface area (Å²) in [6.07, 6.45) is 2.43. The molecule has 50 valence electrons. The van der Waals surface area contributed by atoms with Crippen LogP contribution in [0, 0.1) is 17.2 Å². The van der Waals surface area contributed by atoms with E-state index in [4.69, 9.17) is 5.26 Å². The predicted octanol–water partition coefficient (Wildman–Crippen LogP) is 0.898. The molecule has 0 radical (unpaired) electrons. The van der Waals surface area contributed by atoms with Crippen LogP contribution in [0.1, 0.15) is 19.8 Å². The van der Waals surface area contributed by atoms with Crippen LogP contribution in [-0.4, -0.2) is 12.6 Å². The molecule has 0 spiro atoms. The highest BCUT2D eigenvalue weighted by atomic mass is 14.9. The third kappa shape index (κ3) is 1.06. The number of nitriles is 1. The molecular weight excluding hydrogens is 112 g/mol. The number of hydrogen-bond donors (Lipinski definition) is 1. The zero-order valence-corrected chi connectivity index (χ0v) is 5.94. The van der Waals surface area contributed by atoms with Crippen LogP contribution >= 0.6 is 0 Å². The molecule has 2 heteroatoms. The molecule has 0 aromatic rings. The number of hydrogen-bond acceptors (Lipinski definition) is 2. The molecular formula is C7H12N2. The van der Waals surface area contributed by atoms with E-state index in [1.165, 1.54) is 12.8 Å². The highest BCUT2D eigenvalue weighted by molar-refractivity contribution is 5.11. The number of nitrogens with one attached hydrogen (secondary N) is 1. The van der Waals surface area contributed by atoms with Crippen molar-refractivity contribution in [2.45, 2.75) is 25.3 Å². The van der Waals surface area contributed by atoms with Crippen molar-refractivity contribution in [2.75, 3.05) is 7.05 Å². The largest absolute Gasteiger partial charge is 0.302 e. The molecule has 0 unspecified atom stereocenters. The lowest BCUT2D eigenvalue weighted by molar-refractivity contribution is 0.433. The first-order valence-electron chi connectivity index (χ1n) is 3.33. The summed E-state index contributed by atoms with van der Waals surface area (Å²) in [5.74, 6) is 0.604. The van der Waals surface area contributed by atoms with Gasteiger partial charge in [-0.3, -0.25) is 0 Å². The van der Waals surface area contributed by atoms with E-state index in [1.807, 2.05) is 14.0 Å². The lowest BCUT2D eigenvalue weighted by atomic mass is 9.99. The van der Waals surface area contributed by atoms with Crippen LogP contribution < -0.4 is 5.32 Å². The highest BCUT2D eigenvalue weighted by Gasteiger charge is 2.40. The molecule has 0 aromatic carbocycles. The topological polar surface area (TPSA) is 35.8 Å². The van der Waals surface area contributed by atoms with Crippen molar-refractivity contribution in [3.63, 3.8) is 0 Å². The fourth-order valence-electron chi connectivity index (χ4n) is 1.01. The second-order valence-corrected chi connectivity index (χ2v) is 2.84. The Morgan fingerprint density at radius 3 is 2.33 bits per heavy atom. The van der Waals surface area contributed by atoms with Crippen LogP contribution in [0.4, 0.5) is 0 Å². The van der Waals surface area contributed by atoms with Gasteiger partial charge in [0.25, 0.3) is 0 Å². The predicted molar refractivity (Wildman–Crippen MR) is 35.8 cm³/mol. The Hall–Kier alpha value is -0.550. The first-order chi connectivity index (χ1) is 4.23. The molecule has 1 saturated carbocycles. The molecule has 9 heavy (non-hydrogen) atoms. The summed E-state index contributed by atoms with van der Waals surface area (Å²) in [5, 5.41) is 11.7. The lowest BCUT2D eigenvalue weighted by Crippen LogP contribution is -2.40. The quantitative estimate of drug-likeness (QED) is 0.593. The second-order valence-electron chi connectivity index (χ2n) is 2.84. The summed E-state index contributed by atoms with van der Waals surface area (Å²) < 4.78 is 0. The summed E-state index contributed by atoms with van der Waals surface area (Å²) in [6, 6.07) is 2.28. The molecule has 0 amide bonds. The minimum absolute atomic E-state index is 0.250. The van der Waals surface area contributed by atoms with Crippen LogP contribution in [0.5, 0.6) is 0 Å². The summed E-state index contributed by atoms with van der Waals surface area (Å²) in [5.41, 5.74) is -0.250. The molecule has 0 aliphatic heterocycles. The van der Waals surface area contributed by atoms with E-state index in [1.54, 1.807) is 0 Å². The Morgan fingerprint density at radius 1 is 1.67 bits per heavy atom. The lowest BCUT2D eigenvalue weighted by Gasteiger charge is -2.18. The van der Waals surface area contributed by atoms with Gasteiger partial charge in [-0.2, -0.15) is 5.26 Å². The Balaban J connectivity index is 2.56. The summed E-state index contributed by atoms with van der Waals surface area (Å²) in [4.78, 5) is 0. The van der Waals surface area contributed by atoms with E-state index < -0.39 is 0 Å². The third-order valence-electron chi connectivity index (χ3n) is 2.15. The van der Waals surface area contributed by atoms with Gasteiger partial charge in [-0.1, -0.05) is 0 Å². The van der Waals surface area contributed by atoms with E-state index in [0.717, 1.165) is 0 Å². The molecule has 1 fully saturated rings. The summed E-state index contributed by atoms with van der Waals surface area (Å²) in [6.45, 7) is 1.96. The van der Waals surface area contributed by atoms with Gasteiger partial charge in [0.1, 0.15) is 5.54 Å². The van der Waals surface area contributed by atoms with Crippen LogP contribution in [-0.2, 0) is 0 Å². The Morgan fingerprint density at radius 2 is 2.22 bits per heavy atom. The van der Waals surface area contributed by atoms with Gasteiger partial charge in [0.2, 0.25) is 0 Å².